The molecule has 5 nitrogen and oxygen atoms in total. The molecule has 0 saturated heterocycles. The zero-order valence-electron chi connectivity index (χ0n) is 10.1. The van der Waals surface area contributed by atoms with Crippen LogP contribution in [0.4, 0.5) is 11.5 Å². The van der Waals surface area contributed by atoms with E-state index >= 15 is 0 Å². The Kier molecular flexibility index (Phi) is 3.71. The first-order valence-corrected chi connectivity index (χ1v) is 6.29. The number of amides is 1. The Hall–Kier alpha value is -2.08. The molecule has 1 aromatic heterocycles. The molecule has 19 heavy (non-hydrogen) atoms. The lowest BCUT2D eigenvalue weighted by Crippen LogP contribution is -2.13. The van der Waals surface area contributed by atoms with Crippen LogP contribution < -0.4 is 11.1 Å². The lowest BCUT2D eigenvalue weighted by Gasteiger charge is -2.08. The van der Waals surface area contributed by atoms with E-state index in [2.05, 4.69) is 26.2 Å². The molecule has 98 valence electrons. The molecule has 1 amide bonds. The first-order valence-electron chi connectivity index (χ1n) is 5.50. The summed E-state index contributed by atoms with van der Waals surface area (Å²) in [7, 11) is 0. The van der Waals surface area contributed by atoms with Crippen molar-refractivity contribution in [1.29, 1.82) is 0 Å². The lowest BCUT2D eigenvalue weighted by atomic mass is 10.2. The van der Waals surface area contributed by atoms with Crippen molar-refractivity contribution in [3.63, 3.8) is 0 Å². The summed E-state index contributed by atoms with van der Waals surface area (Å²) >= 11 is 3.27. The molecule has 0 aliphatic rings. The number of aromatic hydroxyl groups is 1. The number of hydrogen-bond donors (Lipinski definition) is 3. The van der Waals surface area contributed by atoms with Gasteiger partial charge in [-0.2, -0.15) is 0 Å². The van der Waals surface area contributed by atoms with Crippen molar-refractivity contribution in [3.8, 4) is 5.75 Å². The summed E-state index contributed by atoms with van der Waals surface area (Å²) in [6.07, 6.45) is 0. The number of rotatable bonds is 2. The molecule has 1 heterocycles. The van der Waals surface area contributed by atoms with Crippen LogP contribution in [0.3, 0.4) is 0 Å². The van der Waals surface area contributed by atoms with Gasteiger partial charge in [0.15, 0.2) is 11.6 Å². The highest BCUT2D eigenvalue weighted by atomic mass is 79.9. The summed E-state index contributed by atoms with van der Waals surface area (Å²) in [6, 6.07) is 8.01. The number of carbonyl (C=O) groups is 1. The fourth-order valence-electron chi connectivity index (χ4n) is 1.56. The number of benzene rings is 1. The second-order valence-corrected chi connectivity index (χ2v) is 4.96. The van der Waals surface area contributed by atoms with Crippen LogP contribution in [0.15, 0.2) is 34.8 Å². The average molecular weight is 322 g/mol. The molecule has 2 aromatic rings. The number of aromatic nitrogens is 1. The highest BCUT2D eigenvalue weighted by molar-refractivity contribution is 9.10. The monoisotopic (exact) mass is 321 g/mol. The number of anilines is 2. The number of hydrogen-bond acceptors (Lipinski definition) is 4. The van der Waals surface area contributed by atoms with Gasteiger partial charge in [0.1, 0.15) is 0 Å². The lowest BCUT2D eigenvalue weighted by molar-refractivity contribution is 0.102. The number of aryl methyl sites for hydroxylation is 1. The first kappa shape index (κ1) is 13.4. The number of carbonyl (C=O) groups excluding carboxylic acids is 1. The number of nitrogens with one attached hydrogen (secondary N) is 1. The van der Waals surface area contributed by atoms with Gasteiger partial charge >= 0.3 is 0 Å². The second kappa shape index (κ2) is 5.27. The Morgan fingerprint density at radius 2 is 2.11 bits per heavy atom. The molecule has 0 bridgehead atoms. The van der Waals surface area contributed by atoms with E-state index in [9.17, 15) is 9.90 Å². The largest absolute Gasteiger partial charge is 0.504 e. The first-order chi connectivity index (χ1) is 8.95. The maximum atomic E-state index is 12.0. The Morgan fingerprint density at radius 3 is 2.79 bits per heavy atom. The minimum atomic E-state index is -0.388. The van der Waals surface area contributed by atoms with Crippen molar-refractivity contribution in [2.75, 3.05) is 11.1 Å². The molecular weight excluding hydrogens is 310 g/mol. The van der Waals surface area contributed by atoms with Gasteiger partial charge in [0.2, 0.25) is 0 Å². The molecule has 0 fully saturated rings. The highest BCUT2D eigenvalue weighted by Crippen LogP contribution is 2.22. The zero-order chi connectivity index (χ0) is 14.0. The normalized spacial score (nSPS) is 10.2. The number of nitrogens with zero attached hydrogens (tertiary/aromatic N) is 1. The summed E-state index contributed by atoms with van der Waals surface area (Å²) in [4.78, 5) is 16.1. The van der Waals surface area contributed by atoms with Crippen LogP contribution in [0.25, 0.3) is 0 Å². The number of halogens is 1. The van der Waals surface area contributed by atoms with Crippen molar-refractivity contribution >= 4 is 33.3 Å². The summed E-state index contributed by atoms with van der Waals surface area (Å²) in [5.74, 6) is -0.341. The van der Waals surface area contributed by atoms with Crippen LogP contribution in [0, 0.1) is 6.92 Å². The van der Waals surface area contributed by atoms with Crippen molar-refractivity contribution in [3.05, 3.63) is 46.1 Å². The van der Waals surface area contributed by atoms with E-state index in [1.54, 1.807) is 31.2 Å². The second-order valence-electron chi connectivity index (χ2n) is 4.05. The molecule has 0 radical (unpaired) electrons. The van der Waals surface area contributed by atoms with E-state index in [1.807, 2.05) is 0 Å². The van der Waals surface area contributed by atoms with Crippen molar-refractivity contribution < 1.29 is 9.90 Å². The van der Waals surface area contributed by atoms with E-state index in [0.717, 1.165) is 0 Å². The summed E-state index contributed by atoms with van der Waals surface area (Å²) in [6.45, 7) is 1.77. The van der Waals surface area contributed by atoms with Crippen molar-refractivity contribution in [2.24, 2.45) is 0 Å². The van der Waals surface area contributed by atoms with Gasteiger partial charge in [-0.15, -0.1) is 0 Å². The molecule has 0 aliphatic heterocycles. The van der Waals surface area contributed by atoms with Crippen LogP contribution in [-0.2, 0) is 0 Å². The standard InChI is InChI=1S/C13H12BrN3O2/c1-7-2-3-11(18)12(16-7)17-13(19)8-4-9(14)6-10(15)5-8/h2-6,18H,15H2,1H3,(H,16,17,19). The molecule has 6 heteroatoms. The predicted octanol–water partition coefficient (Wildman–Crippen LogP) is 2.69. The molecular formula is C13H12BrN3O2. The smallest absolute Gasteiger partial charge is 0.257 e. The van der Waals surface area contributed by atoms with Crippen LogP contribution in [0.1, 0.15) is 16.1 Å². The molecule has 1 aromatic carbocycles. The molecule has 4 N–H and O–H groups in total. The molecule has 2 rings (SSSR count). The Morgan fingerprint density at radius 1 is 1.37 bits per heavy atom. The number of nitrogens with two attached hydrogens (primary N) is 1. The summed E-state index contributed by atoms with van der Waals surface area (Å²) in [5, 5.41) is 12.2. The van der Waals surface area contributed by atoms with Gasteiger partial charge in [0.05, 0.1) is 0 Å². The SMILES string of the molecule is Cc1ccc(O)c(NC(=O)c2cc(N)cc(Br)c2)n1. The van der Waals surface area contributed by atoms with E-state index < -0.39 is 0 Å². The van der Waals surface area contributed by atoms with Gasteiger partial charge in [-0.3, -0.25) is 4.79 Å². The molecule has 0 unspecified atom stereocenters. The van der Waals surface area contributed by atoms with E-state index in [0.29, 0.717) is 21.4 Å². The maximum absolute atomic E-state index is 12.0. The van der Waals surface area contributed by atoms with Gasteiger partial charge in [-0.1, -0.05) is 15.9 Å². The highest BCUT2D eigenvalue weighted by Gasteiger charge is 2.11. The third kappa shape index (κ3) is 3.23. The minimum Gasteiger partial charge on any atom is -0.504 e. The van der Waals surface area contributed by atoms with Gasteiger partial charge in [0.25, 0.3) is 5.91 Å². The Labute approximate surface area is 118 Å². The fraction of sp³-hybridized carbons (Fsp3) is 0.0769. The third-order valence-electron chi connectivity index (χ3n) is 2.43. The molecule has 0 saturated carbocycles. The van der Waals surface area contributed by atoms with Gasteiger partial charge in [0, 0.05) is 21.4 Å². The minimum absolute atomic E-state index is 0.0816. The summed E-state index contributed by atoms with van der Waals surface area (Å²) < 4.78 is 0.707. The van der Waals surface area contributed by atoms with Gasteiger partial charge in [-0.05, 0) is 37.3 Å². The Bertz CT molecular complexity index is 624. The van der Waals surface area contributed by atoms with Crippen LogP contribution in [0.5, 0.6) is 5.75 Å². The van der Waals surface area contributed by atoms with E-state index in [4.69, 9.17) is 5.73 Å². The molecule has 0 atom stereocenters. The molecule has 0 spiro atoms. The predicted molar refractivity (Wildman–Crippen MR) is 77.1 cm³/mol. The quantitative estimate of drug-likeness (QED) is 0.742. The van der Waals surface area contributed by atoms with Gasteiger partial charge in [-0.25, -0.2) is 4.98 Å². The molecule has 0 aliphatic carbocycles. The summed E-state index contributed by atoms with van der Waals surface area (Å²) in [5.41, 5.74) is 7.22. The number of pyridine rings is 1. The van der Waals surface area contributed by atoms with Crippen molar-refractivity contribution in [1.82, 2.24) is 4.98 Å². The average Bonchev–Trinajstić information content (AvgIpc) is 2.32. The topological polar surface area (TPSA) is 88.2 Å². The van der Waals surface area contributed by atoms with Crippen LogP contribution in [0.2, 0.25) is 0 Å². The van der Waals surface area contributed by atoms with E-state index in [1.165, 1.54) is 6.07 Å². The Balaban J connectivity index is 2.28. The number of nitrogen functional groups attached to an aromatic ring is 1. The zero-order valence-corrected chi connectivity index (χ0v) is 11.7. The van der Waals surface area contributed by atoms with Crippen LogP contribution >= 0.6 is 15.9 Å². The van der Waals surface area contributed by atoms with E-state index in [-0.39, 0.29) is 17.5 Å². The maximum Gasteiger partial charge on any atom is 0.257 e. The van der Waals surface area contributed by atoms with Gasteiger partial charge < -0.3 is 16.2 Å². The van der Waals surface area contributed by atoms with Crippen LogP contribution in [-0.4, -0.2) is 16.0 Å². The third-order valence-corrected chi connectivity index (χ3v) is 2.89. The van der Waals surface area contributed by atoms with Crippen molar-refractivity contribution in [2.45, 2.75) is 6.92 Å². The fourth-order valence-corrected chi connectivity index (χ4v) is 2.08.